The molecule has 0 amide bonds. The zero-order chi connectivity index (χ0) is 11.2. The van der Waals surface area contributed by atoms with Crippen LogP contribution in [0.5, 0.6) is 0 Å². The molecular formula is C10H11N5O. The van der Waals surface area contributed by atoms with E-state index in [2.05, 4.69) is 32.0 Å². The Morgan fingerprint density at radius 3 is 2.88 bits per heavy atom. The van der Waals surface area contributed by atoms with Gasteiger partial charge in [0.1, 0.15) is 0 Å². The number of hydrogen-bond donors (Lipinski definition) is 1. The molecule has 0 unspecified atom stereocenters. The van der Waals surface area contributed by atoms with Crippen LogP contribution in [0.3, 0.4) is 0 Å². The van der Waals surface area contributed by atoms with Gasteiger partial charge in [-0.3, -0.25) is 0 Å². The highest BCUT2D eigenvalue weighted by atomic mass is 16.5. The van der Waals surface area contributed by atoms with E-state index in [-0.39, 0.29) is 0 Å². The van der Waals surface area contributed by atoms with Gasteiger partial charge < -0.3 is 9.84 Å². The van der Waals surface area contributed by atoms with Gasteiger partial charge in [-0.2, -0.15) is 4.98 Å². The Kier molecular flexibility index (Phi) is 3.35. The molecule has 0 aromatic carbocycles. The van der Waals surface area contributed by atoms with Crippen LogP contribution in [0.2, 0.25) is 0 Å². The van der Waals surface area contributed by atoms with Crippen LogP contribution in [-0.4, -0.2) is 26.7 Å². The largest absolute Gasteiger partial charge is 0.337 e. The molecule has 0 saturated carbocycles. The highest BCUT2D eigenvalue weighted by Gasteiger charge is 2.09. The molecule has 0 aliphatic rings. The summed E-state index contributed by atoms with van der Waals surface area (Å²) in [6.07, 6.45) is 5.03. The minimum Gasteiger partial charge on any atom is -0.337 e. The van der Waals surface area contributed by atoms with E-state index in [1.807, 2.05) is 0 Å². The maximum absolute atomic E-state index is 5.03. The smallest absolute Gasteiger partial charge is 0.241 e. The van der Waals surface area contributed by atoms with Gasteiger partial charge in [-0.05, 0) is 6.07 Å². The predicted octanol–water partition coefficient (Wildman–Crippen LogP) is 0.802. The molecule has 0 aliphatic carbocycles. The van der Waals surface area contributed by atoms with E-state index < -0.39 is 0 Å². The highest BCUT2D eigenvalue weighted by molar-refractivity contribution is 5.40. The van der Waals surface area contributed by atoms with Crippen molar-refractivity contribution in [2.75, 3.05) is 6.54 Å². The van der Waals surface area contributed by atoms with Gasteiger partial charge in [0.15, 0.2) is 0 Å². The fourth-order valence-electron chi connectivity index (χ4n) is 1.11. The molecule has 82 valence electrons. The van der Waals surface area contributed by atoms with Crippen LogP contribution in [-0.2, 0) is 6.54 Å². The third-order valence-electron chi connectivity index (χ3n) is 1.80. The lowest BCUT2D eigenvalue weighted by molar-refractivity contribution is 0.370. The molecule has 0 spiro atoms. The summed E-state index contributed by atoms with van der Waals surface area (Å²) in [4.78, 5) is 12.2. The lowest BCUT2D eigenvalue weighted by Gasteiger charge is -1.93. The number of aromatic nitrogens is 4. The molecule has 6 heteroatoms. The molecule has 2 aromatic heterocycles. The van der Waals surface area contributed by atoms with Crippen LogP contribution in [0.25, 0.3) is 11.6 Å². The van der Waals surface area contributed by atoms with Crippen LogP contribution in [0.15, 0.2) is 35.6 Å². The lowest BCUT2D eigenvalue weighted by atomic mass is 10.5. The zero-order valence-corrected chi connectivity index (χ0v) is 8.63. The van der Waals surface area contributed by atoms with Gasteiger partial charge in [0.2, 0.25) is 17.5 Å². The standard InChI is InChI=1S/C10H11N5O/c1-2-4-11-7-8-14-10(15-16-8)9-12-5-3-6-13-9/h2-3,5-6,11H,1,4,7H2. The van der Waals surface area contributed by atoms with Gasteiger partial charge in [0.25, 0.3) is 0 Å². The average molecular weight is 217 g/mol. The summed E-state index contributed by atoms with van der Waals surface area (Å²) in [6.45, 7) is 4.80. The van der Waals surface area contributed by atoms with Crippen LogP contribution in [0, 0.1) is 0 Å². The molecule has 0 saturated heterocycles. The summed E-state index contributed by atoms with van der Waals surface area (Å²) in [5.41, 5.74) is 0. The molecule has 1 N–H and O–H groups in total. The Morgan fingerprint density at radius 2 is 2.12 bits per heavy atom. The second-order valence-electron chi connectivity index (χ2n) is 3.00. The van der Waals surface area contributed by atoms with E-state index in [0.717, 1.165) is 0 Å². The minimum absolute atomic E-state index is 0.399. The van der Waals surface area contributed by atoms with Crippen LogP contribution < -0.4 is 5.32 Å². The molecule has 6 nitrogen and oxygen atoms in total. The van der Waals surface area contributed by atoms with Gasteiger partial charge in [0, 0.05) is 18.9 Å². The van der Waals surface area contributed by atoms with Crippen molar-refractivity contribution in [3.8, 4) is 11.6 Å². The Bertz CT molecular complexity index is 453. The van der Waals surface area contributed by atoms with E-state index in [9.17, 15) is 0 Å². The van der Waals surface area contributed by atoms with E-state index in [1.54, 1.807) is 24.5 Å². The van der Waals surface area contributed by atoms with Gasteiger partial charge in [-0.15, -0.1) is 6.58 Å². The van der Waals surface area contributed by atoms with Crippen molar-refractivity contribution in [3.63, 3.8) is 0 Å². The number of nitrogens with zero attached hydrogens (tertiary/aromatic N) is 4. The second-order valence-corrected chi connectivity index (χ2v) is 3.00. The Labute approximate surface area is 92.4 Å². The monoisotopic (exact) mass is 217 g/mol. The minimum atomic E-state index is 0.399. The predicted molar refractivity (Wildman–Crippen MR) is 57.2 cm³/mol. The third kappa shape index (κ3) is 2.48. The maximum Gasteiger partial charge on any atom is 0.241 e. The molecule has 0 aliphatic heterocycles. The first-order valence-corrected chi connectivity index (χ1v) is 4.81. The molecule has 0 bridgehead atoms. The summed E-state index contributed by atoms with van der Waals surface area (Å²) in [6, 6.07) is 1.73. The topological polar surface area (TPSA) is 76.7 Å². The summed E-state index contributed by atoms with van der Waals surface area (Å²) in [5, 5.41) is 6.85. The lowest BCUT2D eigenvalue weighted by Crippen LogP contribution is -2.12. The normalized spacial score (nSPS) is 10.2. The summed E-state index contributed by atoms with van der Waals surface area (Å²) in [7, 11) is 0. The second kappa shape index (κ2) is 5.13. The van der Waals surface area contributed by atoms with Crippen molar-refractivity contribution >= 4 is 0 Å². The summed E-state index contributed by atoms with van der Waals surface area (Å²) in [5.74, 6) is 1.36. The van der Waals surface area contributed by atoms with Crippen molar-refractivity contribution < 1.29 is 4.52 Å². The molecule has 2 rings (SSSR count). The van der Waals surface area contributed by atoms with Crippen LogP contribution >= 0.6 is 0 Å². The highest BCUT2D eigenvalue weighted by Crippen LogP contribution is 2.08. The SMILES string of the molecule is C=CCNCc1nc(-c2ncccn2)no1. The Morgan fingerprint density at radius 1 is 1.31 bits per heavy atom. The van der Waals surface area contributed by atoms with Crippen molar-refractivity contribution in [3.05, 3.63) is 37.0 Å². The average Bonchev–Trinajstić information content (AvgIpc) is 2.79. The van der Waals surface area contributed by atoms with Gasteiger partial charge in [-0.1, -0.05) is 11.2 Å². The number of hydrogen-bond acceptors (Lipinski definition) is 6. The van der Waals surface area contributed by atoms with E-state index in [4.69, 9.17) is 4.52 Å². The molecule has 2 aromatic rings. The van der Waals surface area contributed by atoms with Crippen LogP contribution in [0.1, 0.15) is 5.89 Å². The first-order chi connectivity index (χ1) is 7.90. The van der Waals surface area contributed by atoms with Crippen LogP contribution in [0.4, 0.5) is 0 Å². The maximum atomic E-state index is 5.03. The van der Waals surface area contributed by atoms with Gasteiger partial charge in [0.05, 0.1) is 6.54 Å². The van der Waals surface area contributed by atoms with E-state index >= 15 is 0 Å². The van der Waals surface area contributed by atoms with Crippen molar-refractivity contribution in [2.24, 2.45) is 0 Å². The van der Waals surface area contributed by atoms with E-state index in [0.29, 0.717) is 30.6 Å². The molecule has 0 radical (unpaired) electrons. The molecule has 0 fully saturated rings. The summed E-state index contributed by atoms with van der Waals surface area (Å²) >= 11 is 0. The third-order valence-corrected chi connectivity index (χ3v) is 1.80. The number of nitrogens with one attached hydrogen (secondary N) is 1. The Hall–Kier alpha value is -2.08. The number of rotatable bonds is 5. The first-order valence-electron chi connectivity index (χ1n) is 4.81. The van der Waals surface area contributed by atoms with Gasteiger partial charge in [-0.25, -0.2) is 9.97 Å². The quantitative estimate of drug-likeness (QED) is 0.589. The Balaban J connectivity index is 2.05. The zero-order valence-electron chi connectivity index (χ0n) is 8.63. The van der Waals surface area contributed by atoms with Crippen molar-refractivity contribution in [2.45, 2.75) is 6.54 Å². The fraction of sp³-hybridized carbons (Fsp3) is 0.200. The first kappa shape index (κ1) is 10.4. The molecule has 16 heavy (non-hydrogen) atoms. The molecular weight excluding hydrogens is 206 g/mol. The molecule has 0 atom stereocenters. The van der Waals surface area contributed by atoms with Crippen molar-refractivity contribution in [1.82, 2.24) is 25.4 Å². The summed E-state index contributed by atoms with van der Waals surface area (Å²) < 4.78 is 5.03. The molecule has 2 heterocycles. The fourth-order valence-corrected chi connectivity index (χ4v) is 1.11. The van der Waals surface area contributed by atoms with E-state index in [1.165, 1.54) is 0 Å². The van der Waals surface area contributed by atoms with Crippen molar-refractivity contribution in [1.29, 1.82) is 0 Å². The van der Waals surface area contributed by atoms with Gasteiger partial charge >= 0.3 is 0 Å².